The molecule has 8 unspecified atom stereocenters. The van der Waals surface area contributed by atoms with E-state index in [1.54, 1.807) is 72.7 Å². The molecule has 0 aromatic carbocycles. The minimum absolute atomic E-state index is 0.00632. The molecule has 13 heteroatoms. The maximum atomic E-state index is 14.1. The number of thioether (sulfide) groups is 1. The Kier molecular flexibility index (Phi) is 13.9. The van der Waals surface area contributed by atoms with Crippen LogP contribution in [0.25, 0.3) is 0 Å². The number of rotatable bonds is 20. The van der Waals surface area contributed by atoms with Crippen LogP contribution in [0.5, 0.6) is 0 Å². The van der Waals surface area contributed by atoms with E-state index in [0.717, 1.165) is 35.3 Å². The summed E-state index contributed by atoms with van der Waals surface area (Å²) in [7, 11) is 0. The monoisotopic (exact) mass is 766 g/mol. The molecule has 1 heterocycles. The molecular weight excluding hydrogens is 705 g/mol. The van der Waals surface area contributed by atoms with E-state index in [9.17, 15) is 24.3 Å². The fourth-order valence-electron chi connectivity index (χ4n) is 9.39. The molecule has 8 atom stereocenters. The standard InChI is InChI=1S/C39H62N2O9S2/c1-10-37(7,33(46)50-35(2,3)4)22-38(8,30(42)43)23-39(9,32(45)48-17-16-47-15-12-18-51-34-41-40-24-52-34)21-36(5,6)31(44)49-29-20-25-19-28(29)27-14-11-13-26(25)27/h24-29H,10-23H2,1-9H3,(H,42,43). The van der Waals surface area contributed by atoms with E-state index in [1.807, 2.05) is 6.92 Å². The Balaban J connectivity index is 1.47. The van der Waals surface area contributed by atoms with Crippen molar-refractivity contribution in [1.82, 2.24) is 10.2 Å². The Morgan fingerprint density at radius 3 is 2.17 bits per heavy atom. The number of hydrogen-bond acceptors (Lipinski definition) is 12. The summed E-state index contributed by atoms with van der Waals surface area (Å²) in [5, 5.41) is 18.6. The Morgan fingerprint density at radius 1 is 0.846 bits per heavy atom. The van der Waals surface area contributed by atoms with Gasteiger partial charge in [-0.1, -0.05) is 36.4 Å². The first-order chi connectivity index (χ1) is 24.2. The van der Waals surface area contributed by atoms with Crippen LogP contribution in [0.4, 0.5) is 0 Å². The van der Waals surface area contributed by atoms with Crippen LogP contribution in [-0.2, 0) is 38.1 Å². The summed E-state index contributed by atoms with van der Waals surface area (Å²) in [5.74, 6) is 0.600. The molecule has 0 radical (unpaired) electrons. The normalized spacial score (nSPS) is 26.1. The summed E-state index contributed by atoms with van der Waals surface area (Å²) in [6, 6.07) is 0. The van der Waals surface area contributed by atoms with Gasteiger partial charge in [0.15, 0.2) is 4.34 Å². The third-order valence-electron chi connectivity index (χ3n) is 11.7. The molecule has 3 aliphatic rings. The lowest BCUT2D eigenvalue weighted by Gasteiger charge is -2.42. The van der Waals surface area contributed by atoms with Gasteiger partial charge in [0.25, 0.3) is 0 Å². The van der Waals surface area contributed by atoms with Gasteiger partial charge in [0.2, 0.25) is 0 Å². The maximum Gasteiger partial charge on any atom is 0.312 e. The van der Waals surface area contributed by atoms with E-state index in [-0.39, 0.29) is 44.5 Å². The number of hydrogen-bond donors (Lipinski definition) is 1. The van der Waals surface area contributed by atoms with Gasteiger partial charge in [0, 0.05) is 12.4 Å². The second-order valence-electron chi connectivity index (χ2n) is 18.0. The summed E-state index contributed by atoms with van der Waals surface area (Å²) in [6.07, 6.45) is 6.51. The van der Waals surface area contributed by atoms with Crippen LogP contribution in [0.3, 0.4) is 0 Å². The van der Waals surface area contributed by atoms with Gasteiger partial charge >= 0.3 is 23.9 Å². The molecule has 0 amide bonds. The van der Waals surface area contributed by atoms with Gasteiger partial charge in [0.05, 0.1) is 28.3 Å². The van der Waals surface area contributed by atoms with Crippen LogP contribution in [0, 0.1) is 45.3 Å². The Bertz CT molecular complexity index is 1400. The fourth-order valence-corrected chi connectivity index (χ4v) is 10.9. The quantitative estimate of drug-likeness (QED) is 0.0593. The maximum absolute atomic E-state index is 14.1. The lowest BCUT2D eigenvalue weighted by molar-refractivity contribution is -0.175. The van der Waals surface area contributed by atoms with Crippen molar-refractivity contribution in [3.05, 3.63) is 5.51 Å². The second kappa shape index (κ2) is 17.0. The largest absolute Gasteiger partial charge is 0.481 e. The molecular formula is C39H62N2O9S2. The smallest absolute Gasteiger partial charge is 0.312 e. The molecule has 52 heavy (non-hydrogen) atoms. The molecule has 0 saturated heterocycles. The van der Waals surface area contributed by atoms with Crippen LogP contribution >= 0.6 is 23.1 Å². The third kappa shape index (κ3) is 10.5. The molecule has 3 fully saturated rings. The fraction of sp³-hybridized carbons (Fsp3) is 0.846. The van der Waals surface area contributed by atoms with Crippen LogP contribution in [0.15, 0.2) is 9.85 Å². The Hall–Kier alpha value is -2.25. The van der Waals surface area contributed by atoms with E-state index in [0.29, 0.717) is 30.8 Å². The van der Waals surface area contributed by atoms with Crippen molar-refractivity contribution in [1.29, 1.82) is 0 Å². The number of carbonyl (C=O) groups excluding carboxylic acids is 3. The minimum atomic E-state index is -1.54. The van der Waals surface area contributed by atoms with E-state index in [1.165, 1.54) is 30.6 Å². The second-order valence-corrected chi connectivity index (χ2v) is 20.2. The number of carboxylic acids is 1. The van der Waals surface area contributed by atoms with E-state index < -0.39 is 45.2 Å². The molecule has 294 valence electrons. The van der Waals surface area contributed by atoms with E-state index >= 15 is 0 Å². The van der Waals surface area contributed by atoms with Crippen LogP contribution in [0.1, 0.15) is 127 Å². The third-order valence-corrected chi connectivity index (χ3v) is 13.7. The molecule has 1 N–H and O–H groups in total. The van der Waals surface area contributed by atoms with E-state index in [2.05, 4.69) is 10.2 Å². The number of esters is 3. The van der Waals surface area contributed by atoms with Gasteiger partial charge in [-0.15, -0.1) is 10.2 Å². The zero-order valence-corrected chi connectivity index (χ0v) is 34.4. The number of nitrogens with zero attached hydrogens (tertiary/aromatic N) is 2. The highest BCUT2D eigenvalue weighted by Crippen LogP contribution is 2.60. The lowest BCUT2D eigenvalue weighted by Crippen LogP contribution is -2.47. The molecule has 3 aliphatic carbocycles. The average molecular weight is 767 g/mol. The first-order valence-electron chi connectivity index (χ1n) is 19.0. The number of aromatic nitrogens is 2. The highest BCUT2D eigenvalue weighted by atomic mass is 32.2. The zero-order chi connectivity index (χ0) is 38.5. The van der Waals surface area contributed by atoms with Gasteiger partial charge in [-0.2, -0.15) is 0 Å². The number of ether oxygens (including phenoxy) is 4. The van der Waals surface area contributed by atoms with E-state index in [4.69, 9.17) is 18.9 Å². The SMILES string of the molecule is CCC(C)(CC(C)(CC(C)(CC(C)(C)C(=O)OC1CC2CC1C1CCCC21)C(=O)OCCOCCCSc1nncs1)C(=O)O)C(=O)OC(C)(C)C. The first-order valence-corrected chi connectivity index (χ1v) is 20.9. The highest BCUT2D eigenvalue weighted by Gasteiger charge is 2.57. The summed E-state index contributed by atoms with van der Waals surface area (Å²) >= 11 is 3.09. The van der Waals surface area contributed by atoms with Crippen molar-refractivity contribution in [2.45, 2.75) is 143 Å². The summed E-state index contributed by atoms with van der Waals surface area (Å²) in [5.41, 5.74) is -4.28. The van der Waals surface area contributed by atoms with Gasteiger partial charge in [0.1, 0.15) is 23.8 Å². The molecule has 11 nitrogen and oxygen atoms in total. The predicted octanol–water partition coefficient (Wildman–Crippen LogP) is 8.00. The Morgan fingerprint density at radius 2 is 1.54 bits per heavy atom. The van der Waals surface area contributed by atoms with Crippen molar-refractivity contribution in [3.63, 3.8) is 0 Å². The molecule has 1 aromatic heterocycles. The molecule has 1 aromatic rings. The minimum Gasteiger partial charge on any atom is -0.481 e. The molecule has 0 spiro atoms. The van der Waals surface area contributed by atoms with Gasteiger partial charge in [-0.3, -0.25) is 19.2 Å². The molecule has 3 saturated carbocycles. The molecule has 2 bridgehead atoms. The van der Waals surface area contributed by atoms with Crippen LogP contribution in [-0.4, -0.2) is 76.5 Å². The topological polar surface area (TPSA) is 151 Å². The molecule has 4 rings (SSSR count). The number of carboxylic acid groups (broad SMARTS) is 1. The van der Waals surface area contributed by atoms with Gasteiger partial charge < -0.3 is 24.1 Å². The van der Waals surface area contributed by atoms with Gasteiger partial charge in [-0.25, -0.2) is 0 Å². The Labute approximate surface area is 318 Å². The van der Waals surface area contributed by atoms with Crippen molar-refractivity contribution in [3.8, 4) is 0 Å². The zero-order valence-electron chi connectivity index (χ0n) is 32.8. The lowest BCUT2D eigenvalue weighted by atomic mass is 9.61. The van der Waals surface area contributed by atoms with Crippen molar-refractivity contribution in [2.24, 2.45) is 45.3 Å². The van der Waals surface area contributed by atoms with Crippen molar-refractivity contribution >= 4 is 47.0 Å². The molecule has 0 aliphatic heterocycles. The summed E-state index contributed by atoms with van der Waals surface area (Å²) in [4.78, 5) is 54.7. The van der Waals surface area contributed by atoms with Crippen LogP contribution in [0.2, 0.25) is 0 Å². The average Bonchev–Trinajstić information content (AvgIpc) is 3.85. The van der Waals surface area contributed by atoms with Crippen molar-refractivity contribution in [2.75, 3.05) is 25.6 Å². The highest BCUT2D eigenvalue weighted by molar-refractivity contribution is 8.00. The van der Waals surface area contributed by atoms with Gasteiger partial charge in [-0.05, 0) is 137 Å². The van der Waals surface area contributed by atoms with Crippen molar-refractivity contribution < 1.29 is 43.2 Å². The number of fused-ring (bicyclic) bond motifs is 5. The number of aliphatic carboxylic acids is 1. The summed E-state index contributed by atoms with van der Waals surface area (Å²) in [6.45, 7) is 16.3. The summed E-state index contributed by atoms with van der Waals surface area (Å²) < 4.78 is 24.4. The predicted molar refractivity (Wildman–Crippen MR) is 200 cm³/mol. The first kappa shape index (κ1) is 42.5. The number of carbonyl (C=O) groups is 4. The van der Waals surface area contributed by atoms with Crippen LogP contribution < -0.4 is 0 Å².